The van der Waals surface area contributed by atoms with Gasteiger partial charge in [0, 0.05) is 18.0 Å². The van der Waals surface area contributed by atoms with Gasteiger partial charge in [-0.05, 0) is 60.7 Å². The van der Waals surface area contributed by atoms with Crippen LogP contribution >= 0.6 is 12.2 Å². The summed E-state index contributed by atoms with van der Waals surface area (Å²) in [5.41, 5.74) is 1.65. The Kier molecular flexibility index (Phi) is 6.70. The van der Waals surface area contributed by atoms with Gasteiger partial charge in [-0.1, -0.05) is 0 Å². The molecule has 8 nitrogen and oxygen atoms in total. The molecule has 156 valence electrons. The van der Waals surface area contributed by atoms with Gasteiger partial charge >= 0.3 is 0 Å². The van der Waals surface area contributed by atoms with E-state index in [1.54, 1.807) is 55.9 Å². The number of nitrogens with zero attached hydrogens (tertiary/aromatic N) is 1. The Bertz CT molecular complexity index is 1120. The maximum absolute atomic E-state index is 12.7. The van der Waals surface area contributed by atoms with Crippen LogP contribution in [0.1, 0.15) is 0 Å². The summed E-state index contributed by atoms with van der Waals surface area (Å²) in [5.74, 6) is 0.953. The summed E-state index contributed by atoms with van der Waals surface area (Å²) in [5, 5.41) is 6.29. The van der Waals surface area contributed by atoms with Gasteiger partial charge < -0.3 is 20.1 Å². The summed E-state index contributed by atoms with van der Waals surface area (Å²) < 4.78 is 38.4. The van der Waals surface area contributed by atoms with Crippen molar-refractivity contribution in [3.8, 4) is 11.5 Å². The summed E-state index contributed by atoms with van der Waals surface area (Å²) in [6.45, 7) is 0. The molecule has 30 heavy (non-hydrogen) atoms. The number of methoxy groups -OCH3 is 2. The first-order valence-electron chi connectivity index (χ1n) is 8.74. The van der Waals surface area contributed by atoms with Crippen LogP contribution in [0.2, 0.25) is 0 Å². The van der Waals surface area contributed by atoms with Crippen molar-refractivity contribution in [2.75, 3.05) is 29.6 Å². The zero-order chi connectivity index (χ0) is 21.6. The molecule has 10 heteroatoms. The summed E-state index contributed by atoms with van der Waals surface area (Å²) in [6.07, 6.45) is 3.29. The molecular formula is C20H20N4O4S2. The highest BCUT2D eigenvalue weighted by Gasteiger charge is 2.17. The molecular weight excluding hydrogens is 424 g/mol. The lowest BCUT2D eigenvalue weighted by molar-refractivity contribution is 0.415. The van der Waals surface area contributed by atoms with Gasteiger partial charge in [0.25, 0.3) is 10.0 Å². The van der Waals surface area contributed by atoms with Crippen LogP contribution in [0.3, 0.4) is 0 Å². The van der Waals surface area contributed by atoms with Crippen molar-refractivity contribution in [2.45, 2.75) is 4.90 Å². The van der Waals surface area contributed by atoms with E-state index in [0.717, 1.165) is 5.69 Å². The summed E-state index contributed by atoms with van der Waals surface area (Å²) in [7, 11) is -0.824. The predicted octanol–water partition coefficient (Wildman–Crippen LogP) is 3.71. The Morgan fingerprint density at radius 2 is 1.73 bits per heavy atom. The number of sulfonamides is 1. The lowest BCUT2D eigenvalue weighted by atomic mass is 10.3. The lowest BCUT2D eigenvalue weighted by Gasteiger charge is -2.15. The van der Waals surface area contributed by atoms with E-state index in [1.165, 1.54) is 19.2 Å². The van der Waals surface area contributed by atoms with Gasteiger partial charge in [0.2, 0.25) is 0 Å². The van der Waals surface area contributed by atoms with E-state index < -0.39 is 10.0 Å². The number of rotatable bonds is 7. The van der Waals surface area contributed by atoms with E-state index in [0.29, 0.717) is 28.0 Å². The van der Waals surface area contributed by atoms with Crippen molar-refractivity contribution in [1.29, 1.82) is 0 Å². The van der Waals surface area contributed by atoms with E-state index in [1.807, 2.05) is 6.07 Å². The zero-order valence-electron chi connectivity index (χ0n) is 16.2. The van der Waals surface area contributed by atoms with E-state index in [-0.39, 0.29) is 4.90 Å². The maximum atomic E-state index is 12.7. The van der Waals surface area contributed by atoms with Gasteiger partial charge in [-0.25, -0.2) is 8.42 Å². The summed E-state index contributed by atoms with van der Waals surface area (Å²) in [6, 6.07) is 14.6. The molecule has 0 fully saturated rings. The second kappa shape index (κ2) is 9.42. The highest BCUT2D eigenvalue weighted by Crippen LogP contribution is 2.29. The van der Waals surface area contributed by atoms with Crippen LogP contribution in [0, 0.1) is 0 Å². The molecule has 3 N–H and O–H groups in total. The molecule has 1 heterocycles. The number of aromatic nitrogens is 1. The van der Waals surface area contributed by atoms with Gasteiger partial charge in [-0.15, -0.1) is 0 Å². The van der Waals surface area contributed by atoms with E-state index in [9.17, 15) is 8.42 Å². The molecule has 2 aromatic carbocycles. The SMILES string of the molecule is COc1ccc(NS(=O)(=O)c2ccc(NC(=S)Nc3cccnc3)c(OC)c2)cc1. The number of hydrogen-bond donors (Lipinski definition) is 3. The molecule has 0 unspecified atom stereocenters. The molecule has 1 aromatic heterocycles. The molecule has 3 aromatic rings. The Hall–Kier alpha value is -3.37. The van der Waals surface area contributed by atoms with Crippen LogP contribution in [0.5, 0.6) is 11.5 Å². The van der Waals surface area contributed by atoms with Crippen molar-refractivity contribution in [2.24, 2.45) is 0 Å². The van der Waals surface area contributed by atoms with Crippen molar-refractivity contribution in [3.05, 3.63) is 67.0 Å². The smallest absolute Gasteiger partial charge is 0.262 e. The van der Waals surface area contributed by atoms with Crippen LogP contribution in [-0.4, -0.2) is 32.7 Å². The molecule has 0 aliphatic rings. The number of nitrogens with one attached hydrogen (secondary N) is 3. The van der Waals surface area contributed by atoms with E-state index in [4.69, 9.17) is 21.7 Å². The third-order valence-corrected chi connectivity index (χ3v) is 5.58. The minimum atomic E-state index is -3.81. The predicted molar refractivity (Wildman–Crippen MR) is 121 cm³/mol. The molecule has 0 aliphatic carbocycles. The monoisotopic (exact) mass is 444 g/mol. The molecule has 3 rings (SSSR count). The van der Waals surface area contributed by atoms with Crippen molar-refractivity contribution < 1.29 is 17.9 Å². The third kappa shape index (κ3) is 5.37. The van der Waals surface area contributed by atoms with E-state index in [2.05, 4.69) is 20.3 Å². The zero-order valence-corrected chi connectivity index (χ0v) is 17.9. The fourth-order valence-electron chi connectivity index (χ4n) is 2.54. The average molecular weight is 445 g/mol. The topological polar surface area (TPSA) is 102 Å². The van der Waals surface area contributed by atoms with Gasteiger partial charge in [0.1, 0.15) is 11.5 Å². The Labute approximate surface area is 180 Å². The van der Waals surface area contributed by atoms with Crippen molar-refractivity contribution in [1.82, 2.24) is 4.98 Å². The quantitative estimate of drug-likeness (QED) is 0.474. The summed E-state index contributed by atoms with van der Waals surface area (Å²) in [4.78, 5) is 4.05. The number of anilines is 3. The Balaban J connectivity index is 1.75. The minimum Gasteiger partial charge on any atom is -0.497 e. The third-order valence-electron chi connectivity index (χ3n) is 3.99. The van der Waals surface area contributed by atoms with Gasteiger partial charge in [-0.3, -0.25) is 9.71 Å². The standard InChI is InChI=1S/C20H20N4O4S2/c1-27-16-7-5-14(6-8-16)24-30(25,26)17-9-10-18(19(12-17)28-2)23-20(29)22-15-4-3-11-21-13-15/h3-13,24H,1-2H3,(H2,22,23,29). The fourth-order valence-corrected chi connectivity index (χ4v) is 3.84. The number of thiocarbonyl (C=S) groups is 1. The molecule has 0 spiro atoms. The molecule has 0 radical (unpaired) electrons. The van der Waals surface area contributed by atoms with Gasteiger partial charge in [0.15, 0.2) is 5.11 Å². The first kappa shape index (κ1) is 21.3. The Morgan fingerprint density at radius 3 is 2.37 bits per heavy atom. The van der Waals surface area contributed by atoms with Crippen LogP contribution < -0.4 is 24.8 Å². The number of benzene rings is 2. The minimum absolute atomic E-state index is 0.0480. The molecule has 0 aliphatic heterocycles. The lowest BCUT2D eigenvalue weighted by Crippen LogP contribution is -2.20. The molecule has 0 amide bonds. The van der Waals surface area contributed by atoms with Crippen LogP contribution in [0.4, 0.5) is 17.1 Å². The highest BCUT2D eigenvalue weighted by molar-refractivity contribution is 7.92. The first-order chi connectivity index (χ1) is 14.4. The number of ether oxygens (including phenoxy) is 2. The van der Waals surface area contributed by atoms with Gasteiger partial charge in [-0.2, -0.15) is 0 Å². The number of hydrogen-bond acceptors (Lipinski definition) is 6. The normalized spacial score (nSPS) is 10.7. The largest absolute Gasteiger partial charge is 0.497 e. The number of pyridine rings is 1. The summed E-state index contributed by atoms with van der Waals surface area (Å²) >= 11 is 5.29. The molecule has 0 atom stereocenters. The van der Waals surface area contributed by atoms with Crippen LogP contribution in [0.15, 0.2) is 71.9 Å². The van der Waals surface area contributed by atoms with E-state index >= 15 is 0 Å². The van der Waals surface area contributed by atoms with Crippen LogP contribution in [0.25, 0.3) is 0 Å². The molecule has 0 saturated heterocycles. The fraction of sp³-hybridized carbons (Fsp3) is 0.100. The highest BCUT2D eigenvalue weighted by atomic mass is 32.2. The van der Waals surface area contributed by atoms with Crippen molar-refractivity contribution >= 4 is 44.4 Å². The van der Waals surface area contributed by atoms with Crippen molar-refractivity contribution in [3.63, 3.8) is 0 Å². The second-order valence-electron chi connectivity index (χ2n) is 6.02. The maximum Gasteiger partial charge on any atom is 0.262 e. The second-order valence-corrected chi connectivity index (χ2v) is 8.11. The molecule has 0 bridgehead atoms. The van der Waals surface area contributed by atoms with Crippen LogP contribution in [-0.2, 0) is 10.0 Å². The Morgan fingerprint density at radius 1 is 0.967 bits per heavy atom. The van der Waals surface area contributed by atoms with Gasteiger partial charge in [0.05, 0.1) is 36.7 Å². The average Bonchev–Trinajstić information content (AvgIpc) is 2.75. The molecule has 0 saturated carbocycles. The first-order valence-corrected chi connectivity index (χ1v) is 10.6.